The quantitative estimate of drug-likeness (QED) is 0.427. The van der Waals surface area contributed by atoms with E-state index >= 15 is 0 Å². The summed E-state index contributed by atoms with van der Waals surface area (Å²) in [6.45, 7) is 9.54. The summed E-state index contributed by atoms with van der Waals surface area (Å²) in [6, 6.07) is 0.573. The first-order valence-corrected chi connectivity index (χ1v) is 8.36. The maximum atomic E-state index is 5.06. The highest BCUT2D eigenvalue weighted by molar-refractivity contribution is 5.79. The van der Waals surface area contributed by atoms with Crippen molar-refractivity contribution in [3.8, 4) is 0 Å². The molecule has 5 nitrogen and oxygen atoms in total. The van der Waals surface area contributed by atoms with Gasteiger partial charge < -0.3 is 15.4 Å². The summed E-state index contributed by atoms with van der Waals surface area (Å²) >= 11 is 0. The molecule has 0 spiro atoms. The van der Waals surface area contributed by atoms with Crippen molar-refractivity contribution in [2.45, 2.75) is 45.6 Å². The first-order chi connectivity index (χ1) is 10.2. The number of rotatable bonds is 7. The van der Waals surface area contributed by atoms with Gasteiger partial charge in [-0.05, 0) is 31.8 Å². The summed E-state index contributed by atoms with van der Waals surface area (Å²) in [5, 5.41) is 6.74. The molecule has 1 unspecified atom stereocenters. The molecule has 1 aliphatic heterocycles. The van der Waals surface area contributed by atoms with Gasteiger partial charge in [-0.3, -0.25) is 9.89 Å². The van der Waals surface area contributed by atoms with Crippen molar-refractivity contribution in [2.24, 2.45) is 10.9 Å². The number of methoxy groups -OCH3 is 1. The second-order valence-electron chi connectivity index (χ2n) is 6.13. The Kier molecular flexibility index (Phi) is 9.42. The molecular weight excluding hydrogens is 264 g/mol. The average Bonchev–Trinajstić information content (AvgIpc) is 2.74. The maximum absolute atomic E-state index is 5.06. The van der Waals surface area contributed by atoms with Crippen molar-refractivity contribution in [1.82, 2.24) is 15.5 Å². The van der Waals surface area contributed by atoms with Crippen molar-refractivity contribution >= 4 is 5.96 Å². The normalized spacial score (nSPS) is 19.4. The molecule has 0 aromatic heterocycles. The Morgan fingerprint density at radius 1 is 1.14 bits per heavy atom. The van der Waals surface area contributed by atoms with Crippen LogP contribution in [0, 0.1) is 5.92 Å². The van der Waals surface area contributed by atoms with E-state index in [1.165, 1.54) is 38.8 Å². The lowest BCUT2D eigenvalue weighted by molar-refractivity contribution is 0.161. The van der Waals surface area contributed by atoms with Crippen LogP contribution in [0.3, 0.4) is 0 Å². The zero-order valence-corrected chi connectivity index (χ0v) is 14.3. The lowest BCUT2D eigenvalue weighted by Gasteiger charge is -2.34. The van der Waals surface area contributed by atoms with Gasteiger partial charge in [-0.15, -0.1) is 0 Å². The molecule has 1 heterocycles. The molecule has 0 aromatic rings. The third-order valence-corrected chi connectivity index (χ3v) is 4.18. The van der Waals surface area contributed by atoms with Crippen LogP contribution in [0.2, 0.25) is 0 Å². The first kappa shape index (κ1) is 18.2. The van der Waals surface area contributed by atoms with Crippen molar-refractivity contribution in [2.75, 3.05) is 46.9 Å². The Labute approximate surface area is 130 Å². The Hall–Kier alpha value is -0.810. The van der Waals surface area contributed by atoms with E-state index in [1.807, 2.05) is 7.05 Å². The van der Waals surface area contributed by atoms with Crippen LogP contribution < -0.4 is 10.6 Å². The monoisotopic (exact) mass is 298 g/mol. The Morgan fingerprint density at radius 3 is 2.33 bits per heavy atom. The molecule has 2 N–H and O–H groups in total. The van der Waals surface area contributed by atoms with Crippen molar-refractivity contribution in [1.29, 1.82) is 0 Å². The van der Waals surface area contributed by atoms with Gasteiger partial charge in [0.05, 0.1) is 6.61 Å². The standard InChI is InChI=1S/C16H34N4O/c1-14(2)15(20-10-7-5-6-8-11-20)13-19-16(17-3)18-9-12-21-4/h14-15H,5-13H2,1-4H3,(H2,17,18,19). The second-order valence-corrected chi connectivity index (χ2v) is 6.13. The van der Waals surface area contributed by atoms with E-state index in [0.717, 1.165) is 19.0 Å². The fourth-order valence-electron chi connectivity index (χ4n) is 2.91. The molecule has 0 amide bonds. The van der Waals surface area contributed by atoms with Gasteiger partial charge in [0.1, 0.15) is 0 Å². The molecule has 1 rings (SSSR count). The second kappa shape index (κ2) is 10.9. The highest BCUT2D eigenvalue weighted by Gasteiger charge is 2.22. The summed E-state index contributed by atoms with van der Waals surface area (Å²) < 4.78 is 5.06. The minimum absolute atomic E-state index is 0.573. The Morgan fingerprint density at radius 2 is 1.81 bits per heavy atom. The predicted octanol–water partition coefficient (Wildman–Crippen LogP) is 1.70. The number of guanidine groups is 1. The lowest BCUT2D eigenvalue weighted by atomic mass is 10.0. The highest BCUT2D eigenvalue weighted by Crippen LogP contribution is 2.16. The van der Waals surface area contributed by atoms with Gasteiger partial charge in [-0.1, -0.05) is 26.7 Å². The van der Waals surface area contributed by atoms with Gasteiger partial charge in [0.25, 0.3) is 0 Å². The van der Waals surface area contributed by atoms with Crippen LogP contribution >= 0.6 is 0 Å². The molecule has 1 atom stereocenters. The molecule has 1 aliphatic rings. The molecule has 0 aromatic carbocycles. The third kappa shape index (κ3) is 7.14. The topological polar surface area (TPSA) is 48.9 Å². The number of hydrogen-bond donors (Lipinski definition) is 2. The van der Waals surface area contributed by atoms with Crippen molar-refractivity contribution in [3.63, 3.8) is 0 Å². The van der Waals surface area contributed by atoms with Crippen LogP contribution in [0.5, 0.6) is 0 Å². The van der Waals surface area contributed by atoms with E-state index in [2.05, 4.69) is 34.4 Å². The SMILES string of the molecule is CN=C(NCCOC)NCC(C(C)C)N1CCCCCC1. The number of likely N-dealkylation sites (tertiary alicyclic amines) is 1. The number of hydrogen-bond acceptors (Lipinski definition) is 3. The highest BCUT2D eigenvalue weighted by atomic mass is 16.5. The summed E-state index contributed by atoms with van der Waals surface area (Å²) in [5.74, 6) is 1.51. The molecule has 21 heavy (non-hydrogen) atoms. The summed E-state index contributed by atoms with van der Waals surface area (Å²) in [5.41, 5.74) is 0. The lowest BCUT2D eigenvalue weighted by Crippen LogP contribution is -2.50. The summed E-state index contributed by atoms with van der Waals surface area (Å²) in [4.78, 5) is 6.93. The molecule has 0 saturated carbocycles. The van der Waals surface area contributed by atoms with Gasteiger partial charge in [-0.2, -0.15) is 0 Å². The zero-order valence-electron chi connectivity index (χ0n) is 14.3. The van der Waals surface area contributed by atoms with Gasteiger partial charge in [0.15, 0.2) is 5.96 Å². The zero-order chi connectivity index (χ0) is 15.5. The minimum atomic E-state index is 0.573. The smallest absolute Gasteiger partial charge is 0.191 e. The van der Waals surface area contributed by atoms with Crippen LogP contribution in [0.25, 0.3) is 0 Å². The van der Waals surface area contributed by atoms with Gasteiger partial charge in [-0.25, -0.2) is 0 Å². The van der Waals surface area contributed by atoms with E-state index < -0.39 is 0 Å². The molecule has 124 valence electrons. The van der Waals surface area contributed by atoms with Gasteiger partial charge in [0, 0.05) is 33.3 Å². The average molecular weight is 298 g/mol. The van der Waals surface area contributed by atoms with E-state index in [-0.39, 0.29) is 0 Å². The Balaban J connectivity index is 2.45. The third-order valence-electron chi connectivity index (χ3n) is 4.18. The van der Waals surface area contributed by atoms with Crippen LogP contribution in [-0.2, 0) is 4.74 Å². The van der Waals surface area contributed by atoms with Crippen LogP contribution in [-0.4, -0.2) is 63.8 Å². The Bertz CT molecular complexity index is 286. The number of nitrogens with zero attached hydrogens (tertiary/aromatic N) is 2. The van der Waals surface area contributed by atoms with Gasteiger partial charge in [0.2, 0.25) is 0 Å². The number of ether oxygens (including phenoxy) is 1. The van der Waals surface area contributed by atoms with Crippen LogP contribution in [0.4, 0.5) is 0 Å². The van der Waals surface area contributed by atoms with Crippen LogP contribution in [0.1, 0.15) is 39.5 Å². The molecule has 0 aliphatic carbocycles. The molecule has 5 heteroatoms. The van der Waals surface area contributed by atoms with Crippen molar-refractivity contribution < 1.29 is 4.74 Å². The maximum Gasteiger partial charge on any atom is 0.191 e. The fraction of sp³-hybridized carbons (Fsp3) is 0.938. The summed E-state index contributed by atoms with van der Waals surface area (Å²) in [6.07, 6.45) is 5.44. The van der Waals surface area contributed by atoms with Gasteiger partial charge >= 0.3 is 0 Å². The van der Waals surface area contributed by atoms with E-state index in [9.17, 15) is 0 Å². The molecule has 1 fully saturated rings. The van der Waals surface area contributed by atoms with E-state index in [0.29, 0.717) is 18.6 Å². The fourth-order valence-corrected chi connectivity index (χ4v) is 2.91. The van der Waals surface area contributed by atoms with E-state index in [1.54, 1.807) is 7.11 Å². The molecular formula is C16H34N4O. The van der Waals surface area contributed by atoms with Crippen molar-refractivity contribution in [3.05, 3.63) is 0 Å². The minimum Gasteiger partial charge on any atom is -0.383 e. The largest absolute Gasteiger partial charge is 0.383 e. The predicted molar refractivity (Wildman–Crippen MR) is 89.9 cm³/mol. The van der Waals surface area contributed by atoms with Crippen LogP contribution in [0.15, 0.2) is 4.99 Å². The number of aliphatic imine (C=N–C) groups is 1. The molecule has 0 radical (unpaired) electrons. The van der Waals surface area contributed by atoms with E-state index in [4.69, 9.17) is 4.74 Å². The summed E-state index contributed by atoms with van der Waals surface area (Å²) in [7, 11) is 3.53. The first-order valence-electron chi connectivity index (χ1n) is 8.36. The molecule has 1 saturated heterocycles. The number of nitrogens with one attached hydrogen (secondary N) is 2. The molecule has 0 bridgehead atoms.